The number of fused-ring (bicyclic) bond motifs is 1. The number of piperazine rings is 1. The van der Waals surface area contributed by atoms with Crippen molar-refractivity contribution in [3.63, 3.8) is 0 Å². The number of aromatic nitrogens is 5. The number of anilines is 1. The van der Waals surface area contributed by atoms with Gasteiger partial charge in [0, 0.05) is 51.5 Å². The minimum Gasteiger partial charge on any atom is -0.370 e. The predicted molar refractivity (Wildman–Crippen MR) is 110 cm³/mol. The van der Waals surface area contributed by atoms with Gasteiger partial charge in [-0.1, -0.05) is 0 Å². The lowest BCUT2D eigenvalue weighted by Gasteiger charge is -2.35. The number of aryl methyl sites for hydroxylation is 1. The first kappa shape index (κ1) is 18.8. The van der Waals surface area contributed by atoms with Gasteiger partial charge in [0.25, 0.3) is 0 Å². The highest BCUT2D eigenvalue weighted by Gasteiger charge is 2.20. The monoisotopic (exact) mass is 469 g/mol. The molecular formula is C16H24IN9. The Morgan fingerprint density at radius 1 is 1.04 bits per heavy atom. The molecule has 2 aromatic heterocycles. The molecule has 26 heavy (non-hydrogen) atoms. The zero-order valence-corrected chi connectivity index (χ0v) is 17.0. The van der Waals surface area contributed by atoms with Crippen LogP contribution >= 0.6 is 24.0 Å². The Morgan fingerprint density at radius 2 is 1.81 bits per heavy atom. The summed E-state index contributed by atoms with van der Waals surface area (Å²) in [5.41, 5.74) is 6.19. The quantitative estimate of drug-likeness (QED) is 0.401. The van der Waals surface area contributed by atoms with Crippen LogP contribution in [0.15, 0.2) is 23.5 Å². The second-order valence-electron chi connectivity index (χ2n) is 6.34. The Kier molecular flexibility index (Phi) is 6.22. The Balaban J connectivity index is 0.00000196. The lowest BCUT2D eigenvalue weighted by Crippen LogP contribution is -2.51. The topological polar surface area (TPSA) is 101 Å². The zero-order chi connectivity index (χ0) is 17.1. The van der Waals surface area contributed by atoms with Crippen molar-refractivity contribution >= 4 is 35.9 Å². The molecule has 0 aliphatic carbocycles. The maximum atomic E-state index is 6.19. The standard InChI is InChI=1S/C16H23N9.HI/c17-15(20-12-14-22-21-13-4-1-2-7-25(13)14)23-8-10-24(11-9-23)16-18-5-3-6-19-16;/h3,5-6H,1-2,4,7-12H2,(H2,17,20);1H. The molecule has 1 saturated heterocycles. The number of nitrogens with zero attached hydrogens (tertiary/aromatic N) is 8. The van der Waals surface area contributed by atoms with Gasteiger partial charge in [-0.2, -0.15) is 0 Å². The summed E-state index contributed by atoms with van der Waals surface area (Å²) >= 11 is 0. The van der Waals surface area contributed by atoms with Crippen molar-refractivity contribution in [3.8, 4) is 0 Å². The van der Waals surface area contributed by atoms with Crippen molar-refractivity contribution in [1.29, 1.82) is 0 Å². The number of aliphatic imine (C=N–C) groups is 1. The Morgan fingerprint density at radius 3 is 2.58 bits per heavy atom. The first-order valence-electron chi connectivity index (χ1n) is 8.79. The number of rotatable bonds is 3. The largest absolute Gasteiger partial charge is 0.370 e. The van der Waals surface area contributed by atoms with Crippen molar-refractivity contribution in [2.45, 2.75) is 32.4 Å². The third-order valence-electron chi connectivity index (χ3n) is 4.76. The van der Waals surface area contributed by atoms with Crippen LogP contribution in [0.2, 0.25) is 0 Å². The summed E-state index contributed by atoms with van der Waals surface area (Å²) in [4.78, 5) is 17.4. The van der Waals surface area contributed by atoms with E-state index in [2.05, 4.69) is 39.5 Å². The number of hydrogen-bond donors (Lipinski definition) is 1. The van der Waals surface area contributed by atoms with Crippen LogP contribution < -0.4 is 10.6 Å². The smallest absolute Gasteiger partial charge is 0.225 e. The summed E-state index contributed by atoms with van der Waals surface area (Å²) < 4.78 is 2.19. The van der Waals surface area contributed by atoms with Crippen molar-refractivity contribution in [1.82, 2.24) is 29.6 Å². The highest BCUT2D eigenvalue weighted by atomic mass is 127. The maximum absolute atomic E-state index is 6.19. The van der Waals surface area contributed by atoms with Crippen molar-refractivity contribution in [2.24, 2.45) is 10.7 Å². The molecule has 0 radical (unpaired) electrons. The third kappa shape index (κ3) is 4.05. The molecule has 4 heterocycles. The van der Waals surface area contributed by atoms with E-state index in [1.807, 2.05) is 6.07 Å². The average Bonchev–Trinajstić information content (AvgIpc) is 3.10. The van der Waals surface area contributed by atoms with Gasteiger partial charge < -0.3 is 20.1 Å². The van der Waals surface area contributed by atoms with Gasteiger partial charge in [0.15, 0.2) is 11.8 Å². The molecule has 4 rings (SSSR count). The maximum Gasteiger partial charge on any atom is 0.225 e. The van der Waals surface area contributed by atoms with Crippen LogP contribution in [-0.2, 0) is 19.5 Å². The SMILES string of the molecule is I.NC(=NCc1nnc2n1CCCC2)N1CCN(c2ncccn2)CC1. The van der Waals surface area contributed by atoms with Gasteiger partial charge in [0.05, 0.1) is 0 Å². The molecule has 0 aromatic carbocycles. The highest BCUT2D eigenvalue weighted by Crippen LogP contribution is 2.15. The summed E-state index contributed by atoms with van der Waals surface area (Å²) in [6.07, 6.45) is 6.92. The van der Waals surface area contributed by atoms with Crippen LogP contribution in [0.5, 0.6) is 0 Å². The molecule has 0 bridgehead atoms. The lowest BCUT2D eigenvalue weighted by atomic mass is 10.2. The van der Waals surface area contributed by atoms with E-state index in [1.54, 1.807) is 12.4 Å². The highest BCUT2D eigenvalue weighted by molar-refractivity contribution is 14.0. The summed E-state index contributed by atoms with van der Waals surface area (Å²) in [6, 6.07) is 1.83. The summed E-state index contributed by atoms with van der Waals surface area (Å²) in [6.45, 7) is 4.77. The van der Waals surface area contributed by atoms with E-state index in [1.165, 1.54) is 12.8 Å². The molecule has 9 nitrogen and oxygen atoms in total. The zero-order valence-electron chi connectivity index (χ0n) is 14.7. The molecule has 2 aromatic rings. The number of nitrogens with two attached hydrogens (primary N) is 1. The Labute approximate surface area is 169 Å². The molecule has 0 saturated carbocycles. The molecule has 0 spiro atoms. The van der Waals surface area contributed by atoms with Gasteiger partial charge in [0.1, 0.15) is 12.4 Å². The number of guanidine groups is 1. The second-order valence-corrected chi connectivity index (χ2v) is 6.34. The first-order valence-corrected chi connectivity index (χ1v) is 8.79. The van der Waals surface area contributed by atoms with Crippen molar-refractivity contribution in [3.05, 3.63) is 30.1 Å². The Bertz CT molecular complexity index is 737. The van der Waals surface area contributed by atoms with Crippen molar-refractivity contribution in [2.75, 3.05) is 31.1 Å². The van der Waals surface area contributed by atoms with Gasteiger partial charge in [-0.25, -0.2) is 15.0 Å². The molecule has 1 fully saturated rings. The van der Waals surface area contributed by atoms with Crippen LogP contribution in [0.3, 0.4) is 0 Å². The number of hydrogen-bond acceptors (Lipinski definition) is 6. The Hall–Kier alpha value is -1.98. The molecule has 0 atom stereocenters. The molecule has 10 heteroatoms. The molecule has 0 amide bonds. The predicted octanol–water partition coefficient (Wildman–Crippen LogP) is 0.659. The average molecular weight is 469 g/mol. The third-order valence-corrected chi connectivity index (χ3v) is 4.76. The normalized spacial score (nSPS) is 17.6. The summed E-state index contributed by atoms with van der Waals surface area (Å²) in [5, 5.41) is 8.53. The number of halogens is 1. The summed E-state index contributed by atoms with van der Waals surface area (Å²) in [7, 11) is 0. The van der Waals surface area contributed by atoms with Crippen LogP contribution in [0.1, 0.15) is 24.5 Å². The second kappa shape index (κ2) is 8.60. The van der Waals surface area contributed by atoms with E-state index in [4.69, 9.17) is 5.73 Å². The van der Waals surface area contributed by atoms with E-state index >= 15 is 0 Å². The minimum atomic E-state index is 0. The van der Waals surface area contributed by atoms with E-state index in [9.17, 15) is 0 Å². The van der Waals surface area contributed by atoms with Gasteiger partial charge in [0.2, 0.25) is 5.95 Å². The van der Waals surface area contributed by atoms with Gasteiger partial charge in [-0.3, -0.25) is 0 Å². The summed E-state index contributed by atoms with van der Waals surface area (Å²) in [5.74, 6) is 3.33. The van der Waals surface area contributed by atoms with Crippen LogP contribution in [0.25, 0.3) is 0 Å². The fourth-order valence-electron chi connectivity index (χ4n) is 3.33. The van der Waals surface area contributed by atoms with Gasteiger partial charge in [-0.15, -0.1) is 34.2 Å². The van der Waals surface area contributed by atoms with Crippen LogP contribution in [-0.4, -0.2) is 61.8 Å². The fourth-order valence-corrected chi connectivity index (χ4v) is 3.33. The molecular weight excluding hydrogens is 445 g/mol. The van der Waals surface area contributed by atoms with E-state index in [0.717, 1.165) is 56.7 Å². The molecule has 0 unspecified atom stereocenters. The van der Waals surface area contributed by atoms with Crippen LogP contribution in [0.4, 0.5) is 5.95 Å². The van der Waals surface area contributed by atoms with Gasteiger partial charge in [-0.05, 0) is 18.9 Å². The van der Waals surface area contributed by atoms with Gasteiger partial charge >= 0.3 is 0 Å². The fraction of sp³-hybridized carbons (Fsp3) is 0.562. The molecule has 2 N–H and O–H groups in total. The van der Waals surface area contributed by atoms with E-state index < -0.39 is 0 Å². The van der Waals surface area contributed by atoms with Crippen LogP contribution in [0, 0.1) is 0 Å². The molecule has 2 aliphatic heterocycles. The molecule has 140 valence electrons. The van der Waals surface area contributed by atoms with Crippen molar-refractivity contribution < 1.29 is 0 Å². The molecule has 2 aliphatic rings. The van der Waals surface area contributed by atoms with E-state index in [-0.39, 0.29) is 24.0 Å². The van der Waals surface area contributed by atoms with E-state index in [0.29, 0.717) is 12.5 Å². The first-order chi connectivity index (χ1) is 12.3. The lowest BCUT2D eigenvalue weighted by molar-refractivity contribution is 0.377. The minimum absolute atomic E-state index is 0.